The third-order valence-electron chi connectivity index (χ3n) is 0. The minimum Gasteiger partial charge on any atom is 0 e. The molecule has 0 aliphatic rings. The van der Waals surface area contributed by atoms with Crippen molar-refractivity contribution >= 4 is 0 Å². The molecule has 0 aliphatic carbocycles. The van der Waals surface area contributed by atoms with E-state index in [9.17, 15) is 0 Å². The number of hydrogen-bond donors (Lipinski definition) is 0. The van der Waals surface area contributed by atoms with Gasteiger partial charge >= 0.3 is 0 Å². The largest absolute Gasteiger partial charge is 0 e. The molecule has 0 N–H and O–H groups in total. The van der Waals surface area contributed by atoms with Crippen LogP contribution in [0.1, 0.15) is 0 Å². The van der Waals surface area contributed by atoms with Crippen molar-refractivity contribution in [1.29, 1.82) is 0 Å². The summed E-state index contributed by atoms with van der Waals surface area (Å²) in [6, 6.07) is 0. The molecule has 0 aromatic heterocycles. The normalized spacial score (nSPS) is 0. The minimum atomic E-state index is 0. The van der Waals surface area contributed by atoms with Gasteiger partial charge in [-0.2, -0.15) is 0 Å². The monoisotopic (exact) mass is 1680 g/mol. The van der Waals surface area contributed by atoms with Gasteiger partial charge in [-0.25, -0.2) is 0 Å². The van der Waals surface area contributed by atoms with Crippen LogP contribution in [-0.4, -0.2) is 0 Å². The second-order valence-electron chi connectivity index (χ2n) is 0. The molecule has 0 bridgehead atoms. The summed E-state index contributed by atoms with van der Waals surface area (Å²) in [5.41, 5.74) is 0. The summed E-state index contributed by atoms with van der Waals surface area (Å²) in [5, 5.41) is 0. The maximum atomic E-state index is 0. The standard InChI is InChI=1S/42Ar. The molecule has 0 aromatic rings. The van der Waals surface area contributed by atoms with E-state index in [2.05, 4.69) is 0 Å². The summed E-state index contributed by atoms with van der Waals surface area (Å²) in [7, 11) is 0. The zero-order chi connectivity index (χ0) is 0. The maximum absolute atomic E-state index is 0. The molecule has 0 saturated carbocycles. The van der Waals surface area contributed by atoms with E-state index in [0.717, 1.165) is 0 Å². The molecular weight excluding hydrogens is 1680 g/mol. The van der Waals surface area contributed by atoms with Crippen molar-refractivity contribution in [3.63, 3.8) is 0 Å². The van der Waals surface area contributed by atoms with Crippen molar-refractivity contribution in [2.75, 3.05) is 0 Å². The summed E-state index contributed by atoms with van der Waals surface area (Å²) in [4.78, 5) is 0. The van der Waals surface area contributed by atoms with Crippen molar-refractivity contribution in [3.8, 4) is 0 Å². The molecule has 42 heavy (non-hydrogen) atoms. The second-order valence-corrected chi connectivity index (χ2v) is 0. The Morgan fingerprint density at radius 3 is 0.0238 bits per heavy atom. The molecule has 0 heterocycles. The third kappa shape index (κ3) is 280. The maximum Gasteiger partial charge on any atom is 0 e. The molecule has 0 radical (unpaired) electrons. The zero-order valence-corrected chi connectivity index (χ0v) is 44.5. The molecule has 336 valence electrons. The molecule has 42 heteroatoms. The topological polar surface area (TPSA) is 0 Å². The molecule has 0 amide bonds. The van der Waals surface area contributed by atoms with Gasteiger partial charge in [-0.05, 0) is 0 Å². The fraction of sp³-hybridized carbons (Fsp3) is 0. The van der Waals surface area contributed by atoms with E-state index in [1.807, 2.05) is 0 Å². The summed E-state index contributed by atoms with van der Waals surface area (Å²) in [5.74, 6) is 0. The van der Waals surface area contributed by atoms with Gasteiger partial charge in [-0.3, -0.25) is 0 Å². The average Bonchev–Trinajstić information content (AvgIpc) is 0. The van der Waals surface area contributed by atoms with E-state index in [1.54, 1.807) is 0 Å². The van der Waals surface area contributed by atoms with Gasteiger partial charge in [-0.1, -0.05) is 0 Å². The zero-order valence-electron chi connectivity index (χ0n) is 14.8. The van der Waals surface area contributed by atoms with E-state index in [4.69, 9.17) is 0 Å². The van der Waals surface area contributed by atoms with Crippen molar-refractivity contribution < 1.29 is 1590 Å². The quantitative estimate of drug-likeness (QED) is 0.321. The molecule has 0 nitrogen and oxygen atoms in total. The average molecular weight is 1680 g/mol. The van der Waals surface area contributed by atoms with Crippen molar-refractivity contribution in [2.24, 2.45) is 0 Å². The molecular formula is Ar42. The molecule has 0 rings (SSSR count). The Morgan fingerprint density at radius 2 is 0.0238 bits per heavy atom. The van der Waals surface area contributed by atoms with Crippen LogP contribution in [0.4, 0.5) is 0 Å². The second kappa shape index (κ2) is 290. The predicted molar refractivity (Wildman–Crippen MR) is 0 cm³/mol. The van der Waals surface area contributed by atoms with Crippen molar-refractivity contribution in [3.05, 3.63) is 0 Å². The van der Waals surface area contributed by atoms with E-state index < -0.39 is 0 Å². The first-order valence-electron chi connectivity index (χ1n) is 0. The molecule has 0 unspecified atom stereocenters. The first-order valence-corrected chi connectivity index (χ1v) is 0. The fourth-order valence-corrected chi connectivity index (χ4v) is 0. The first-order chi connectivity index (χ1) is 0. The number of hydrogen-bond acceptors (Lipinski definition) is 0. The Bertz CT molecular complexity index is 0. The minimum absolute atomic E-state index is 0. The molecule has 0 fully saturated rings. The van der Waals surface area contributed by atoms with Gasteiger partial charge in [0.2, 0.25) is 0 Å². The van der Waals surface area contributed by atoms with E-state index in [0.29, 0.717) is 0 Å². The van der Waals surface area contributed by atoms with Crippen LogP contribution in [0.3, 0.4) is 0 Å². The van der Waals surface area contributed by atoms with Gasteiger partial charge < -0.3 is 0 Å². The Morgan fingerprint density at radius 1 is 0.0238 bits per heavy atom. The Kier molecular flexibility index (Phi) is 2060. The van der Waals surface area contributed by atoms with Crippen LogP contribution < -0.4 is 0 Å². The summed E-state index contributed by atoms with van der Waals surface area (Å²) in [6.07, 6.45) is 0. The van der Waals surface area contributed by atoms with Gasteiger partial charge in [0.1, 0.15) is 0 Å². The van der Waals surface area contributed by atoms with Gasteiger partial charge in [-0.15, -0.1) is 0 Å². The summed E-state index contributed by atoms with van der Waals surface area (Å²) in [6.45, 7) is 0. The molecule has 0 aromatic carbocycles. The van der Waals surface area contributed by atoms with Crippen LogP contribution in [0.25, 0.3) is 0 Å². The van der Waals surface area contributed by atoms with Gasteiger partial charge in [0.25, 0.3) is 0 Å². The van der Waals surface area contributed by atoms with E-state index >= 15 is 0 Å². The third-order valence-corrected chi connectivity index (χ3v) is 0. The smallest absolute Gasteiger partial charge is 0 e. The number of rotatable bonds is 0. The predicted octanol–water partition coefficient (Wildman–Crippen LogP) is 0. The van der Waals surface area contributed by atoms with Crippen LogP contribution in [0, 0.1) is 1590 Å². The summed E-state index contributed by atoms with van der Waals surface area (Å²) < 4.78 is 0. The van der Waals surface area contributed by atoms with Crippen LogP contribution in [0.15, 0.2) is 0 Å². The molecule has 0 aliphatic heterocycles. The Labute approximate surface area is 1520 Å². The van der Waals surface area contributed by atoms with Crippen LogP contribution in [0.2, 0.25) is 0 Å². The van der Waals surface area contributed by atoms with Crippen molar-refractivity contribution in [2.45, 2.75) is 0 Å². The first kappa shape index (κ1) is 299. The van der Waals surface area contributed by atoms with E-state index in [-0.39, 0.29) is 1590 Å². The van der Waals surface area contributed by atoms with Gasteiger partial charge in [0, 0.05) is 1590 Å². The molecule has 0 spiro atoms. The molecule has 0 atom stereocenters. The van der Waals surface area contributed by atoms with Crippen LogP contribution >= 0.6 is 0 Å². The van der Waals surface area contributed by atoms with Gasteiger partial charge in [0.05, 0.1) is 0 Å². The Hall–Kier alpha value is 52.9. The Balaban J connectivity index is 0. The summed E-state index contributed by atoms with van der Waals surface area (Å²) >= 11 is 0. The SMILES string of the molecule is [Ar].[Ar].[Ar].[Ar].[Ar].[Ar].[Ar].[Ar].[Ar].[Ar].[Ar].[Ar].[Ar].[Ar].[Ar].[Ar].[Ar].[Ar].[Ar].[Ar].[Ar].[Ar].[Ar].[Ar].[Ar].[Ar].[Ar].[Ar].[Ar].[Ar].[Ar].[Ar].[Ar].[Ar].[Ar].[Ar].[Ar].[Ar].[Ar].[Ar].[Ar].[Ar]. The van der Waals surface area contributed by atoms with Crippen LogP contribution in [-0.2, 0) is 0 Å². The van der Waals surface area contributed by atoms with Gasteiger partial charge in [0.15, 0.2) is 0 Å². The van der Waals surface area contributed by atoms with E-state index in [1.165, 1.54) is 0 Å². The fourth-order valence-electron chi connectivity index (χ4n) is 0. The molecule has 0 saturated heterocycles. The van der Waals surface area contributed by atoms with Crippen LogP contribution in [0.5, 0.6) is 0 Å². The van der Waals surface area contributed by atoms with Crippen molar-refractivity contribution in [1.82, 2.24) is 0 Å².